The Labute approximate surface area is 118 Å². The Hall–Kier alpha value is -1.85. The molecule has 0 aliphatic carbocycles. The van der Waals surface area contributed by atoms with Crippen LogP contribution in [0.4, 0.5) is 5.95 Å². The van der Waals surface area contributed by atoms with Crippen molar-refractivity contribution in [2.45, 2.75) is 33.1 Å². The van der Waals surface area contributed by atoms with Crippen molar-refractivity contribution < 1.29 is 9.53 Å². The largest absolute Gasteiger partial charge is 0.466 e. The van der Waals surface area contributed by atoms with Crippen LogP contribution in [0.1, 0.15) is 32.4 Å². The lowest BCUT2D eigenvalue weighted by atomic mass is 9.97. The number of carbonyl (C=O) groups is 1. The summed E-state index contributed by atoms with van der Waals surface area (Å²) in [5, 5.41) is 0. The van der Waals surface area contributed by atoms with E-state index in [0.717, 1.165) is 25.0 Å². The maximum Gasteiger partial charge on any atom is 0.309 e. The van der Waals surface area contributed by atoms with Gasteiger partial charge >= 0.3 is 5.97 Å². The minimum absolute atomic E-state index is 0.0349. The van der Waals surface area contributed by atoms with E-state index >= 15 is 0 Å². The smallest absolute Gasteiger partial charge is 0.309 e. The van der Waals surface area contributed by atoms with Gasteiger partial charge in [0.1, 0.15) is 0 Å². The molecule has 1 aromatic heterocycles. The summed E-state index contributed by atoms with van der Waals surface area (Å²) in [7, 11) is 0. The summed E-state index contributed by atoms with van der Waals surface area (Å²) in [6.07, 6.45) is 2.20. The highest BCUT2D eigenvalue weighted by molar-refractivity contribution is 5.72. The molecule has 1 saturated heterocycles. The second-order valence-corrected chi connectivity index (χ2v) is 4.93. The first-order chi connectivity index (χ1) is 9.63. The van der Waals surface area contributed by atoms with Gasteiger partial charge in [-0.2, -0.15) is 0 Å². The summed E-state index contributed by atoms with van der Waals surface area (Å²) in [4.78, 5) is 32.5. The zero-order valence-electron chi connectivity index (χ0n) is 12.0. The number of carbonyl (C=O) groups excluding carboxylic acids is 1. The molecular weight excluding hydrogens is 258 g/mol. The van der Waals surface area contributed by atoms with Gasteiger partial charge in [0, 0.05) is 24.8 Å². The SMILES string of the molecule is CCOC(=O)C1CCN(c2nc(CC)cc(=O)[nH]2)CC1. The second kappa shape index (κ2) is 6.54. The Morgan fingerprint density at radius 1 is 1.45 bits per heavy atom. The molecular formula is C14H21N3O3. The number of rotatable bonds is 4. The van der Waals surface area contributed by atoms with E-state index in [9.17, 15) is 9.59 Å². The third kappa shape index (κ3) is 3.37. The quantitative estimate of drug-likeness (QED) is 0.836. The fraction of sp³-hybridized carbons (Fsp3) is 0.643. The highest BCUT2D eigenvalue weighted by Crippen LogP contribution is 2.21. The molecule has 20 heavy (non-hydrogen) atoms. The van der Waals surface area contributed by atoms with E-state index in [1.165, 1.54) is 6.07 Å². The van der Waals surface area contributed by atoms with Gasteiger partial charge < -0.3 is 9.64 Å². The Bertz CT molecular complexity index is 519. The lowest BCUT2D eigenvalue weighted by molar-refractivity contribution is -0.148. The monoisotopic (exact) mass is 279 g/mol. The van der Waals surface area contributed by atoms with Crippen molar-refractivity contribution in [3.8, 4) is 0 Å². The number of piperidine rings is 1. The average molecular weight is 279 g/mol. The Balaban J connectivity index is 2.02. The third-order valence-corrected chi connectivity index (χ3v) is 3.56. The van der Waals surface area contributed by atoms with Gasteiger partial charge in [-0.05, 0) is 26.2 Å². The minimum atomic E-state index is -0.126. The number of ether oxygens (including phenoxy) is 1. The fourth-order valence-corrected chi connectivity index (χ4v) is 2.41. The van der Waals surface area contributed by atoms with E-state index in [2.05, 4.69) is 9.97 Å². The van der Waals surface area contributed by atoms with E-state index in [4.69, 9.17) is 4.74 Å². The molecule has 0 spiro atoms. The van der Waals surface area contributed by atoms with Crippen LogP contribution in [0.25, 0.3) is 0 Å². The van der Waals surface area contributed by atoms with Crippen molar-refractivity contribution in [3.05, 3.63) is 22.1 Å². The van der Waals surface area contributed by atoms with Gasteiger partial charge in [-0.15, -0.1) is 0 Å². The van der Waals surface area contributed by atoms with Crippen LogP contribution in [0.2, 0.25) is 0 Å². The number of aromatic nitrogens is 2. The predicted octanol–water partition coefficient (Wildman–Crippen LogP) is 1.11. The fourth-order valence-electron chi connectivity index (χ4n) is 2.41. The van der Waals surface area contributed by atoms with Crippen LogP contribution in [0.15, 0.2) is 10.9 Å². The minimum Gasteiger partial charge on any atom is -0.466 e. The highest BCUT2D eigenvalue weighted by atomic mass is 16.5. The number of anilines is 1. The number of esters is 1. The zero-order valence-corrected chi connectivity index (χ0v) is 12.0. The topological polar surface area (TPSA) is 75.3 Å². The number of nitrogens with one attached hydrogen (secondary N) is 1. The molecule has 110 valence electrons. The number of aromatic amines is 1. The second-order valence-electron chi connectivity index (χ2n) is 4.93. The van der Waals surface area contributed by atoms with Crippen LogP contribution in [0.5, 0.6) is 0 Å². The van der Waals surface area contributed by atoms with E-state index in [-0.39, 0.29) is 17.4 Å². The average Bonchev–Trinajstić information content (AvgIpc) is 2.47. The van der Waals surface area contributed by atoms with Crippen molar-refractivity contribution in [2.24, 2.45) is 5.92 Å². The van der Waals surface area contributed by atoms with Crippen molar-refractivity contribution in [3.63, 3.8) is 0 Å². The molecule has 1 N–H and O–H groups in total. The molecule has 1 aliphatic rings. The normalized spacial score (nSPS) is 16.2. The highest BCUT2D eigenvalue weighted by Gasteiger charge is 2.26. The maximum atomic E-state index is 11.7. The molecule has 0 radical (unpaired) electrons. The first-order valence-corrected chi connectivity index (χ1v) is 7.15. The number of H-pyrrole nitrogens is 1. The Morgan fingerprint density at radius 3 is 2.75 bits per heavy atom. The molecule has 0 atom stereocenters. The van der Waals surface area contributed by atoms with Gasteiger partial charge in [0.05, 0.1) is 12.5 Å². The Morgan fingerprint density at radius 2 is 2.15 bits per heavy atom. The molecule has 0 saturated carbocycles. The summed E-state index contributed by atoms with van der Waals surface area (Å²) in [5.41, 5.74) is 0.663. The number of aryl methyl sites for hydroxylation is 1. The van der Waals surface area contributed by atoms with Crippen LogP contribution >= 0.6 is 0 Å². The molecule has 1 aliphatic heterocycles. The summed E-state index contributed by atoms with van der Waals surface area (Å²) in [6.45, 7) is 5.63. The first kappa shape index (κ1) is 14.6. The Kier molecular flexibility index (Phi) is 4.76. The van der Waals surface area contributed by atoms with Gasteiger partial charge in [0.2, 0.25) is 5.95 Å². The molecule has 2 rings (SSSR count). The van der Waals surface area contributed by atoms with Crippen LogP contribution in [0.3, 0.4) is 0 Å². The molecule has 0 aromatic carbocycles. The van der Waals surface area contributed by atoms with Gasteiger partial charge in [-0.1, -0.05) is 6.92 Å². The van der Waals surface area contributed by atoms with Gasteiger partial charge in [0.15, 0.2) is 0 Å². The molecule has 1 aromatic rings. The number of hydrogen-bond donors (Lipinski definition) is 1. The summed E-state index contributed by atoms with van der Waals surface area (Å²) in [5.74, 6) is 0.458. The van der Waals surface area contributed by atoms with Crippen LogP contribution in [-0.4, -0.2) is 35.6 Å². The summed E-state index contributed by atoms with van der Waals surface area (Å²) >= 11 is 0. The predicted molar refractivity (Wildman–Crippen MR) is 75.8 cm³/mol. The number of nitrogens with zero attached hydrogens (tertiary/aromatic N) is 2. The van der Waals surface area contributed by atoms with Crippen molar-refractivity contribution >= 4 is 11.9 Å². The van der Waals surface area contributed by atoms with Crippen LogP contribution < -0.4 is 10.5 Å². The van der Waals surface area contributed by atoms with Crippen molar-refractivity contribution in [1.29, 1.82) is 0 Å². The lowest BCUT2D eigenvalue weighted by Crippen LogP contribution is -2.38. The first-order valence-electron chi connectivity index (χ1n) is 7.15. The molecule has 1 fully saturated rings. The van der Waals surface area contributed by atoms with Gasteiger partial charge in [-0.3, -0.25) is 14.6 Å². The van der Waals surface area contributed by atoms with E-state index in [1.54, 1.807) is 0 Å². The van der Waals surface area contributed by atoms with Crippen LogP contribution in [-0.2, 0) is 16.0 Å². The molecule has 0 amide bonds. The maximum absolute atomic E-state index is 11.7. The lowest BCUT2D eigenvalue weighted by Gasteiger charge is -2.31. The van der Waals surface area contributed by atoms with Crippen LogP contribution in [0, 0.1) is 5.92 Å². The van der Waals surface area contributed by atoms with E-state index < -0.39 is 0 Å². The van der Waals surface area contributed by atoms with Gasteiger partial charge in [0.25, 0.3) is 5.56 Å². The summed E-state index contributed by atoms with van der Waals surface area (Å²) in [6, 6.07) is 1.52. The molecule has 0 unspecified atom stereocenters. The molecule has 6 nitrogen and oxygen atoms in total. The molecule has 6 heteroatoms. The zero-order chi connectivity index (χ0) is 14.5. The third-order valence-electron chi connectivity index (χ3n) is 3.56. The number of hydrogen-bond acceptors (Lipinski definition) is 5. The summed E-state index contributed by atoms with van der Waals surface area (Å²) < 4.78 is 5.05. The van der Waals surface area contributed by atoms with Crippen molar-refractivity contribution in [1.82, 2.24) is 9.97 Å². The standard InChI is InChI=1S/C14H21N3O3/c1-3-11-9-12(18)16-14(15-11)17-7-5-10(6-8-17)13(19)20-4-2/h9-10H,3-8H2,1-2H3,(H,15,16,18). The van der Waals surface area contributed by atoms with E-state index in [1.807, 2.05) is 18.7 Å². The van der Waals surface area contributed by atoms with Crippen molar-refractivity contribution in [2.75, 3.05) is 24.6 Å². The van der Waals surface area contributed by atoms with Gasteiger partial charge in [-0.25, -0.2) is 4.98 Å². The molecule has 2 heterocycles. The molecule has 0 bridgehead atoms. The van der Waals surface area contributed by atoms with E-state index in [0.29, 0.717) is 25.6 Å².